The predicted octanol–water partition coefficient (Wildman–Crippen LogP) is 3.40. The third kappa shape index (κ3) is 4.46. The van der Waals surface area contributed by atoms with Crippen LogP contribution in [0, 0.1) is 24.4 Å². The van der Waals surface area contributed by atoms with Crippen molar-refractivity contribution in [1.29, 1.82) is 0 Å². The van der Waals surface area contributed by atoms with Gasteiger partial charge in [-0.15, -0.1) is 11.3 Å². The van der Waals surface area contributed by atoms with Gasteiger partial charge >= 0.3 is 0 Å². The molecule has 0 aliphatic rings. The van der Waals surface area contributed by atoms with Gasteiger partial charge in [0.25, 0.3) is 0 Å². The first-order valence-electron chi connectivity index (χ1n) is 7.85. The molecule has 0 saturated heterocycles. The number of carbonyl (C=O) groups excluding carboxylic acids is 1. The molecule has 0 fully saturated rings. The molecule has 4 nitrogen and oxygen atoms in total. The molecule has 0 bridgehead atoms. The zero-order chi connectivity index (χ0) is 19.6. The Kier molecular flexibility index (Phi) is 5.46. The summed E-state index contributed by atoms with van der Waals surface area (Å²) in [5.74, 6) is -4.26. The van der Waals surface area contributed by atoms with Gasteiger partial charge < -0.3 is 14.6 Å². The highest BCUT2D eigenvalue weighted by atomic mass is 32.1. The van der Waals surface area contributed by atoms with Crippen LogP contribution in [0.5, 0.6) is 5.75 Å². The molecule has 27 heavy (non-hydrogen) atoms. The van der Waals surface area contributed by atoms with E-state index in [1.54, 1.807) is 12.1 Å². The number of aromatic carboxylic acids is 1. The van der Waals surface area contributed by atoms with Crippen molar-refractivity contribution in [1.82, 2.24) is 4.98 Å². The van der Waals surface area contributed by atoms with Gasteiger partial charge in [-0.25, -0.2) is 18.2 Å². The van der Waals surface area contributed by atoms with Crippen LogP contribution in [0.2, 0.25) is 0 Å². The number of nitrogens with zero attached hydrogens (tertiary/aromatic N) is 1. The summed E-state index contributed by atoms with van der Waals surface area (Å²) < 4.78 is 45.7. The summed E-state index contributed by atoms with van der Waals surface area (Å²) in [5, 5.41) is 12.8. The normalized spacial score (nSPS) is 10.8. The lowest BCUT2D eigenvalue weighted by Gasteiger charge is -2.12. The quantitative estimate of drug-likeness (QED) is 0.604. The fraction of sp³-hybridized carbons (Fsp3) is 0.158. The second-order valence-electron chi connectivity index (χ2n) is 5.85. The van der Waals surface area contributed by atoms with E-state index in [1.807, 2.05) is 13.0 Å². The molecule has 0 aliphatic heterocycles. The Balaban J connectivity index is 1.81. The number of aryl methyl sites for hydroxylation is 1. The molecule has 0 amide bonds. The summed E-state index contributed by atoms with van der Waals surface area (Å²) in [6.45, 7) is 1.58. The molecule has 140 valence electrons. The van der Waals surface area contributed by atoms with Crippen LogP contribution in [0.1, 0.15) is 32.2 Å². The number of rotatable bonds is 6. The molecule has 0 spiro atoms. The minimum atomic E-state index is -1.35. The Hall–Kier alpha value is -2.87. The van der Waals surface area contributed by atoms with E-state index in [-0.39, 0.29) is 17.9 Å². The lowest BCUT2D eigenvalue weighted by Crippen LogP contribution is -2.22. The van der Waals surface area contributed by atoms with E-state index in [0.717, 1.165) is 11.6 Å². The lowest BCUT2D eigenvalue weighted by molar-refractivity contribution is -0.255. The SMILES string of the molecule is Cc1ccc(OCc2cc(F)c(F)cc2F)c(Cc2nc(C(=O)[O-])cs2)c1. The fourth-order valence-electron chi connectivity index (χ4n) is 2.47. The monoisotopic (exact) mass is 392 g/mol. The molecule has 1 heterocycles. The summed E-state index contributed by atoms with van der Waals surface area (Å²) in [5.41, 5.74) is 1.38. The molecule has 0 atom stereocenters. The second kappa shape index (κ2) is 7.79. The van der Waals surface area contributed by atoms with Crippen molar-refractivity contribution in [3.05, 3.63) is 80.6 Å². The smallest absolute Gasteiger partial charge is 0.161 e. The first kappa shape index (κ1) is 18.9. The topological polar surface area (TPSA) is 62.2 Å². The molecule has 3 rings (SSSR count). The average molecular weight is 392 g/mol. The van der Waals surface area contributed by atoms with Crippen molar-refractivity contribution in [3.8, 4) is 5.75 Å². The number of hydrogen-bond acceptors (Lipinski definition) is 5. The largest absolute Gasteiger partial charge is 0.543 e. The van der Waals surface area contributed by atoms with Crippen molar-refractivity contribution in [2.24, 2.45) is 0 Å². The van der Waals surface area contributed by atoms with E-state index in [1.165, 1.54) is 16.7 Å². The minimum absolute atomic E-state index is 0.117. The first-order valence-corrected chi connectivity index (χ1v) is 8.73. The average Bonchev–Trinajstić information content (AvgIpc) is 3.07. The van der Waals surface area contributed by atoms with E-state index in [0.29, 0.717) is 28.8 Å². The van der Waals surface area contributed by atoms with Gasteiger partial charge in [0.1, 0.15) is 18.2 Å². The fourth-order valence-corrected chi connectivity index (χ4v) is 3.25. The maximum Gasteiger partial charge on any atom is 0.161 e. The van der Waals surface area contributed by atoms with Crippen molar-refractivity contribution < 1.29 is 27.8 Å². The van der Waals surface area contributed by atoms with Crippen molar-refractivity contribution in [2.45, 2.75) is 20.0 Å². The van der Waals surface area contributed by atoms with Gasteiger partial charge in [-0.1, -0.05) is 17.7 Å². The van der Waals surface area contributed by atoms with Crippen molar-refractivity contribution >= 4 is 17.3 Å². The lowest BCUT2D eigenvalue weighted by atomic mass is 10.1. The molecule has 0 radical (unpaired) electrons. The second-order valence-corrected chi connectivity index (χ2v) is 6.79. The van der Waals surface area contributed by atoms with Gasteiger partial charge in [-0.3, -0.25) is 0 Å². The van der Waals surface area contributed by atoms with Crippen LogP contribution >= 0.6 is 11.3 Å². The predicted molar refractivity (Wildman–Crippen MR) is 91.1 cm³/mol. The number of aromatic nitrogens is 1. The van der Waals surface area contributed by atoms with Crippen molar-refractivity contribution in [3.63, 3.8) is 0 Å². The number of halogens is 3. The molecule has 0 N–H and O–H groups in total. The summed E-state index contributed by atoms with van der Waals surface area (Å²) in [6.07, 6.45) is 0.301. The van der Waals surface area contributed by atoms with Gasteiger partial charge in [0, 0.05) is 29.0 Å². The van der Waals surface area contributed by atoms with E-state index in [4.69, 9.17) is 4.74 Å². The Morgan fingerprint density at radius 3 is 2.56 bits per heavy atom. The molecule has 8 heteroatoms. The first-order chi connectivity index (χ1) is 12.8. The molecular weight excluding hydrogens is 379 g/mol. The van der Waals surface area contributed by atoms with Crippen LogP contribution in [0.15, 0.2) is 35.7 Å². The summed E-state index contributed by atoms with van der Waals surface area (Å²) in [7, 11) is 0. The molecule has 0 saturated carbocycles. The van der Waals surface area contributed by atoms with Gasteiger partial charge in [0.15, 0.2) is 11.6 Å². The zero-order valence-corrected chi connectivity index (χ0v) is 14.9. The van der Waals surface area contributed by atoms with Gasteiger partial charge in [-0.05, 0) is 19.1 Å². The molecular formula is C19H13F3NO3S-. The van der Waals surface area contributed by atoms with E-state index in [9.17, 15) is 23.1 Å². The summed E-state index contributed by atoms with van der Waals surface area (Å²) in [4.78, 5) is 14.8. The van der Waals surface area contributed by atoms with Crippen LogP contribution in [0.25, 0.3) is 0 Å². The van der Waals surface area contributed by atoms with Gasteiger partial charge in [-0.2, -0.15) is 0 Å². The van der Waals surface area contributed by atoms with Crippen LogP contribution in [0.3, 0.4) is 0 Å². The Morgan fingerprint density at radius 2 is 1.85 bits per heavy atom. The molecule has 0 unspecified atom stereocenters. The highest BCUT2D eigenvalue weighted by Gasteiger charge is 2.13. The van der Waals surface area contributed by atoms with E-state index >= 15 is 0 Å². The van der Waals surface area contributed by atoms with Crippen LogP contribution in [0.4, 0.5) is 13.2 Å². The third-order valence-corrected chi connectivity index (χ3v) is 4.64. The van der Waals surface area contributed by atoms with Crippen LogP contribution in [-0.2, 0) is 13.0 Å². The number of carbonyl (C=O) groups is 1. The van der Waals surface area contributed by atoms with Gasteiger partial charge in [0.05, 0.1) is 16.7 Å². The maximum atomic E-state index is 13.8. The zero-order valence-electron chi connectivity index (χ0n) is 14.1. The van der Waals surface area contributed by atoms with Crippen molar-refractivity contribution in [2.75, 3.05) is 0 Å². The standard InChI is InChI=1S/C19H14F3NO3S/c1-10-2-3-17(26-8-12-5-14(21)15(22)7-13(12)20)11(4-10)6-18-23-16(9-27-18)19(24)25/h2-5,7,9H,6,8H2,1H3,(H,24,25)/p-1. The Morgan fingerprint density at radius 1 is 1.11 bits per heavy atom. The maximum absolute atomic E-state index is 13.8. The third-order valence-electron chi connectivity index (χ3n) is 3.79. The number of carboxylic acids is 1. The molecule has 0 aliphatic carbocycles. The number of ether oxygens (including phenoxy) is 1. The molecule has 1 aromatic heterocycles. The number of hydrogen-bond donors (Lipinski definition) is 0. The minimum Gasteiger partial charge on any atom is -0.543 e. The Labute approximate surface area is 156 Å². The number of benzene rings is 2. The summed E-state index contributed by atoms with van der Waals surface area (Å²) in [6, 6.07) is 6.52. The molecule has 2 aromatic carbocycles. The van der Waals surface area contributed by atoms with Crippen LogP contribution < -0.4 is 9.84 Å². The van der Waals surface area contributed by atoms with E-state index in [2.05, 4.69) is 4.98 Å². The summed E-state index contributed by atoms with van der Waals surface area (Å²) >= 11 is 1.17. The van der Waals surface area contributed by atoms with Gasteiger partial charge in [0.2, 0.25) is 0 Å². The number of carboxylic acid groups (broad SMARTS) is 1. The van der Waals surface area contributed by atoms with Crippen LogP contribution in [-0.4, -0.2) is 11.0 Å². The molecule has 3 aromatic rings. The number of thiazole rings is 1. The highest BCUT2D eigenvalue weighted by Crippen LogP contribution is 2.26. The van der Waals surface area contributed by atoms with E-state index < -0.39 is 23.4 Å². The highest BCUT2D eigenvalue weighted by molar-refractivity contribution is 7.09. The Bertz CT molecular complexity index is 1000.